The van der Waals surface area contributed by atoms with Crippen molar-refractivity contribution in [3.05, 3.63) is 22.3 Å². The largest absolute Gasteiger partial charge is 0.487 e. The van der Waals surface area contributed by atoms with Gasteiger partial charge in [-0.15, -0.1) is 0 Å². The van der Waals surface area contributed by atoms with Gasteiger partial charge in [0.1, 0.15) is 11.4 Å². The molecule has 0 radical (unpaired) electrons. The minimum atomic E-state index is -3.94. The number of hydrogen-bond acceptors (Lipinski definition) is 6. The van der Waals surface area contributed by atoms with Gasteiger partial charge in [-0.2, -0.15) is 0 Å². The second kappa shape index (κ2) is 9.44. The summed E-state index contributed by atoms with van der Waals surface area (Å²) in [5, 5.41) is 8.72. The highest BCUT2D eigenvalue weighted by Crippen LogP contribution is 2.42. The first-order valence-electron chi connectivity index (χ1n) is 10.4. The van der Waals surface area contributed by atoms with Gasteiger partial charge in [0.15, 0.2) is 0 Å². The molecule has 1 aromatic carbocycles. The van der Waals surface area contributed by atoms with Gasteiger partial charge in [0.25, 0.3) is 10.0 Å². The molecule has 0 aliphatic carbocycles. The molecule has 1 aliphatic heterocycles. The van der Waals surface area contributed by atoms with Crippen LogP contribution < -0.4 is 20.9 Å². The number of nitrogens with zero attached hydrogens (tertiary/aromatic N) is 1. The van der Waals surface area contributed by atoms with Crippen LogP contribution in [0.25, 0.3) is 0 Å². The molecule has 1 atom stereocenters. The second-order valence-electron chi connectivity index (χ2n) is 8.75. The lowest BCUT2D eigenvalue weighted by Crippen LogP contribution is -2.38. The third-order valence-electron chi connectivity index (χ3n) is 5.63. The summed E-state index contributed by atoms with van der Waals surface area (Å²) < 4.78 is 34.7. The zero-order valence-corrected chi connectivity index (χ0v) is 19.7. The molecular weight excluding hydrogens is 420 g/mol. The van der Waals surface area contributed by atoms with Crippen molar-refractivity contribution >= 4 is 22.0 Å². The average molecular weight is 455 g/mol. The Morgan fingerprint density at radius 3 is 2.52 bits per heavy atom. The molecule has 0 saturated heterocycles. The highest BCUT2D eigenvalue weighted by molar-refractivity contribution is 7.90. The van der Waals surface area contributed by atoms with Crippen molar-refractivity contribution in [2.45, 2.75) is 83.3 Å². The number of carbonyl (C=O) groups is 1. The van der Waals surface area contributed by atoms with Gasteiger partial charge in [0, 0.05) is 12.6 Å². The molecule has 0 spiro atoms. The van der Waals surface area contributed by atoms with Crippen molar-refractivity contribution in [3.63, 3.8) is 0 Å². The molecule has 1 aromatic rings. The Balaban J connectivity index is 2.19. The van der Waals surface area contributed by atoms with E-state index >= 15 is 0 Å². The van der Waals surface area contributed by atoms with Crippen molar-refractivity contribution < 1.29 is 23.1 Å². The van der Waals surface area contributed by atoms with Crippen LogP contribution in [0.5, 0.6) is 5.75 Å². The number of guanidine groups is 1. The van der Waals surface area contributed by atoms with Crippen LogP contribution in [0.2, 0.25) is 0 Å². The van der Waals surface area contributed by atoms with Crippen LogP contribution in [0, 0.1) is 20.8 Å². The second-order valence-corrected chi connectivity index (χ2v) is 10.4. The van der Waals surface area contributed by atoms with Crippen LogP contribution in [0.4, 0.5) is 0 Å². The van der Waals surface area contributed by atoms with Crippen molar-refractivity contribution in [2.75, 3.05) is 6.54 Å². The first kappa shape index (κ1) is 24.9. The van der Waals surface area contributed by atoms with Crippen LogP contribution in [0.3, 0.4) is 0 Å². The number of nitrogens with one attached hydrogen (secondary N) is 1. The van der Waals surface area contributed by atoms with Gasteiger partial charge in [-0.25, -0.2) is 13.1 Å². The minimum absolute atomic E-state index is 0.122. The summed E-state index contributed by atoms with van der Waals surface area (Å²) >= 11 is 0. The summed E-state index contributed by atoms with van der Waals surface area (Å²) in [6.07, 6.45) is 2.36. The summed E-state index contributed by atoms with van der Waals surface area (Å²) in [4.78, 5) is 14.9. The molecule has 0 aromatic heterocycles. The molecule has 9 nitrogen and oxygen atoms in total. The van der Waals surface area contributed by atoms with Gasteiger partial charge in [0.2, 0.25) is 5.96 Å². The normalized spacial score (nSPS) is 16.9. The van der Waals surface area contributed by atoms with Crippen LogP contribution in [0.15, 0.2) is 9.89 Å². The van der Waals surface area contributed by atoms with Crippen molar-refractivity contribution in [1.82, 2.24) is 4.72 Å². The number of aliphatic imine (C=N–C) groups is 1. The Kier molecular flexibility index (Phi) is 7.59. The zero-order chi connectivity index (χ0) is 23.6. The van der Waals surface area contributed by atoms with Gasteiger partial charge < -0.3 is 21.3 Å². The Hall–Kier alpha value is -2.33. The summed E-state index contributed by atoms with van der Waals surface area (Å²) in [6.45, 7) is 9.71. The molecule has 0 unspecified atom stereocenters. The SMILES string of the molecule is Cc1c(C)c(S(=O)(=O)NC(N)=NCCC[C@H](N)CC(=O)O)c(C)c2c1OC(C)(C)CC2. The summed E-state index contributed by atoms with van der Waals surface area (Å²) in [6, 6.07) is -0.471. The van der Waals surface area contributed by atoms with Gasteiger partial charge in [0.05, 0.1) is 11.3 Å². The van der Waals surface area contributed by atoms with Gasteiger partial charge in [-0.1, -0.05) is 0 Å². The molecule has 0 saturated carbocycles. The average Bonchev–Trinajstić information content (AvgIpc) is 2.61. The zero-order valence-electron chi connectivity index (χ0n) is 18.9. The van der Waals surface area contributed by atoms with Gasteiger partial charge in [-0.05, 0) is 82.6 Å². The number of sulfonamides is 1. The smallest absolute Gasteiger partial charge is 0.304 e. The Labute approximate surface area is 184 Å². The van der Waals surface area contributed by atoms with E-state index < -0.39 is 22.0 Å². The molecule has 0 fully saturated rings. The highest BCUT2D eigenvalue weighted by Gasteiger charge is 2.33. The number of hydrogen-bond donors (Lipinski definition) is 4. The van der Waals surface area contributed by atoms with Crippen LogP contribution in [-0.4, -0.2) is 43.6 Å². The molecule has 174 valence electrons. The quantitative estimate of drug-likeness (QED) is 0.265. The Morgan fingerprint density at radius 2 is 1.90 bits per heavy atom. The number of rotatable bonds is 8. The van der Waals surface area contributed by atoms with E-state index in [0.717, 1.165) is 29.7 Å². The number of fused-ring (bicyclic) bond motifs is 1. The Morgan fingerprint density at radius 1 is 1.26 bits per heavy atom. The lowest BCUT2D eigenvalue weighted by molar-refractivity contribution is -0.137. The maximum atomic E-state index is 13.1. The van der Waals surface area contributed by atoms with Gasteiger partial charge in [-0.3, -0.25) is 9.79 Å². The predicted octanol–water partition coefficient (Wildman–Crippen LogP) is 1.89. The van der Waals surface area contributed by atoms with Crippen molar-refractivity contribution in [2.24, 2.45) is 16.5 Å². The molecule has 1 aliphatic rings. The van der Waals surface area contributed by atoms with E-state index in [9.17, 15) is 13.2 Å². The summed E-state index contributed by atoms with van der Waals surface area (Å²) in [5.74, 6) is -0.397. The fourth-order valence-electron chi connectivity index (χ4n) is 3.85. The number of carboxylic acids is 1. The van der Waals surface area contributed by atoms with E-state index in [1.54, 1.807) is 13.8 Å². The van der Waals surface area contributed by atoms with Crippen LogP contribution >= 0.6 is 0 Å². The number of ether oxygens (including phenoxy) is 1. The van der Waals surface area contributed by atoms with E-state index in [1.807, 2.05) is 20.8 Å². The standard InChI is InChI=1S/C21H34N4O5S/c1-12-13(2)19(14(3)16-8-9-21(4,5)30-18(12)16)31(28,29)25-20(23)24-10-6-7-15(22)11-17(26)27/h15H,6-11,22H2,1-5H3,(H,26,27)(H3,23,24,25)/t15-/m0/s1. The maximum Gasteiger partial charge on any atom is 0.304 e. The van der Waals surface area contributed by atoms with Crippen LogP contribution in [-0.2, 0) is 21.2 Å². The van der Waals surface area contributed by atoms with Crippen molar-refractivity contribution in [3.8, 4) is 5.75 Å². The first-order chi connectivity index (χ1) is 14.2. The van der Waals surface area contributed by atoms with Crippen molar-refractivity contribution in [1.29, 1.82) is 0 Å². The lowest BCUT2D eigenvalue weighted by Gasteiger charge is -2.35. The monoisotopic (exact) mass is 454 g/mol. The maximum absolute atomic E-state index is 13.1. The molecule has 2 rings (SSSR count). The topological polar surface area (TPSA) is 157 Å². The number of aliphatic carboxylic acids is 1. The van der Waals surface area contributed by atoms with E-state index in [0.29, 0.717) is 24.0 Å². The molecule has 0 amide bonds. The molecule has 10 heteroatoms. The molecular formula is C21H34N4O5S. The summed E-state index contributed by atoms with van der Waals surface area (Å²) in [7, 11) is -3.94. The number of carboxylic acid groups (broad SMARTS) is 1. The third kappa shape index (κ3) is 6.10. The predicted molar refractivity (Wildman–Crippen MR) is 120 cm³/mol. The highest BCUT2D eigenvalue weighted by atomic mass is 32.2. The fourth-order valence-corrected chi connectivity index (χ4v) is 5.38. The summed E-state index contributed by atoms with van der Waals surface area (Å²) in [5.41, 5.74) is 14.2. The number of benzene rings is 1. The molecule has 6 N–H and O–H groups in total. The Bertz CT molecular complexity index is 986. The van der Waals surface area contributed by atoms with Gasteiger partial charge >= 0.3 is 5.97 Å². The molecule has 1 heterocycles. The molecule has 0 bridgehead atoms. The van der Waals surface area contributed by atoms with E-state index in [-0.39, 0.29) is 29.4 Å². The first-order valence-corrected chi connectivity index (χ1v) is 11.8. The third-order valence-corrected chi connectivity index (χ3v) is 7.25. The van der Waals surface area contributed by atoms with E-state index in [1.165, 1.54) is 0 Å². The minimum Gasteiger partial charge on any atom is -0.487 e. The number of nitrogens with two attached hydrogens (primary N) is 2. The molecule has 31 heavy (non-hydrogen) atoms. The fraction of sp³-hybridized carbons (Fsp3) is 0.619. The van der Waals surface area contributed by atoms with E-state index in [4.69, 9.17) is 21.3 Å². The lowest BCUT2D eigenvalue weighted by atomic mass is 9.88. The van der Waals surface area contributed by atoms with E-state index in [2.05, 4.69) is 9.71 Å². The van der Waals surface area contributed by atoms with Crippen LogP contribution in [0.1, 0.15) is 61.8 Å².